The number of fused-ring (bicyclic) bond motifs is 1. The second-order valence-corrected chi connectivity index (χ2v) is 7.21. The van der Waals surface area contributed by atoms with Gasteiger partial charge < -0.3 is 25.2 Å². The standard InChI is InChI=1S/C23H28N4O4/c1-3-26(4-2)14-13-24-23(30)17-9-11-18(12-10-17)25-21(28)15-27-16-22(29)31-20-8-6-5-7-19(20)27/h5-12H,3-4,13-16H2,1-2H3,(H,24,30)(H,25,28). The highest BCUT2D eigenvalue weighted by Crippen LogP contribution is 2.31. The van der Waals surface area contributed by atoms with Crippen LogP contribution in [0.2, 0.25) is 0 Å². The molecule has 0 bridgehead atoms. The maximum Gasteiger partial charge on any atom is 0.331 e. The van der Waals surface area contributed by atoms with E-state index in [1.54, 1.807) is 41.3 Å². The molecule has 2 aromatic rings. The third-order valence-electron chi connectivity index (χ3n) is 5.12. The summed E-state index contributed by atoms with van der Waals surface area (Å²) in [6.45, 7) is 7.49. The fraction of sp³-hybridized carbons (Fsp3) is 0.348. The van der Waals surface area contributed by atoms with E-state index in [0.29, 0.717) is 29.2 Å². The lowest BCUT2D eigenvalue weighted by molar-refractivity contribution is -0.133. The van der Waals surface area contributed by atoms with Gasteiger partial charge in [-0.05, 0) is 49.5 Å². The molecule has 0 saturated carbocycles. The second kappa shape index (κ2) is 10.6. The van der Waals surface area contributed by atoms with Gasteiger partial charge in [-0.3, -0.25) is 9.59 Å². The summed E-state index contributed by atoms with van der Waals surface area (Å²) in [6, 6.07) is 13.8. The third kappa shape index (κ3) is 6.05. The number of benzene rings is 2. The summed E-state index contributed by atoms with van der Waals surface area (Å²) >= 11 is 0. The summed E-state index contributed by atoms with van der Waals surface area (Å²) in [5.41, 5.74) is 1.82. The number of rotatable bonds is 9. The lowest BCUT2D eigenvalue weighted by Crippen LogP contribution is -2.41. The van der Waals surface area contributed by atoms with E-state index in [9.17, 15) is 14.4 Å². The molecule has 3 rings (SSSR count). The molecule has 164 valence electrons. The molecule has 1 aliphatic heterocycles. The Morgan fingerprint density at radius 2 is 1.77 bits per heavy atom. The Kier molecular flexibility index (Phi) is 7.61. The van der Waals surface area contributed by atoms with Gasteiger partial charge in [0.1, 0.15) is 6.54 Å². The van der Waals surface area contributed by atoms with Gasteiger partial charge in [-0.15, -0.1) is 0 Å². The maximum atomic E-state index is 12.5. The summed E-state index contributed by atoms with van der Waals surface area (Å²) in [5, 5.41) is 5.71. The van der Waals surface area contributed by atoms with Crippen LogP contribution < -0.4 is 20.3 Å². The lowest BCUT2D eigenvalue weighted by atomic mass is 10.2. The number of anilines is 2. The molecule has 0 saturated heterocycles. The normalized spacial score (nSPS) is 12.9. The van der Waals surface area contributed by atoms with Crippen LogP contribution in [0, 0.1) is 0 Å². The van der Waals surface area contributed by atoms with Gasteiger partial charge in [-0.1, -0.05) is 26.0 Å². The molecular weight excluding hydrogens is 396 g/mol. The van der Waals surface area contributed by atoms with Crippen LogP contribution >= 0.6 is 0 Å². The molecule has 0 spiro atoms. The molecule has 1 aliphatic rings. The molecule has 8 nitrogen and oxygen atoms in total. The number of amides is 2. The van der Waals surface area contributed by atoms with Crippen molar-refractivity contribution >= 4 is 29.2 Å². The number of hydrogen-bond donors (Lipinski definition) is 2. The lowest BCUT2D eigenvalue weighted by Gasteiger charge is -2.29. The van der Waals surface area contributed by atoms with E-state index in [1.807, 2.05) is 12.1 Å². The van der Waals surface area contributed by atoms with Crippen molar-refractivity contribution in [1.82, 2.24) is 10.2 Å². The Labute approximate surface area is 182 Å². The van der Waals surface area contributed by atoms with Crippen molar-refractivity contribution in [2.75, 3.05) is 49.5 Å². The number of carbonyl (C=O) groups is 3. The van der Waals surface area contributed by atoms with Gasteiger partial charge in [-0.25, -0.2) is 4.79 Å². The van der Waals surface area contributed by atoms with Crippen LogP contribution in [0.15, 0.2) is 48.5 Å². The van der Waals surface area contributed by atoms with Crippen molar-refractivity contribution in [3.63, 3.8) is 0 Å². The highest BCUT2D eigenvalue weighted by Gasteiger charge is 2.25. The first-order valence-electron chi connectivity index (χ1n) is 10.4. The summed E-state index contributed by atoms with van der Waals surface area (Å²) in [5.74, 6) is -0.361. The summed E-state index contributed by atoms with van der Waals surface area (Å²) in [6.07, 6.45) is 0. The Morgan fingerprint density at radius 1 is 1.06 bits per heavy atom. The Balaban J connectivity index is 1.52. The molecule has 1 heterocycles. The number of nitrogens with zero attached hydrogens (tertiary/aromatic N) is 2. The molecule has 0 unspecified atom stereocenters. The quantitative estimate of drug-likeness (QED) is 0.473. The fourth-order valence-electron chi connectivity index (χ4n) is 3.39. The van der Waals surface area contributed by atoms with Crippen LogP contribution in [0.1, 0.15) is 24.2 Å². The van der Waals surface area contributed by atoms with Gasteiger partial charge >= 0.3 is 5.97 Å². The number of nitrogens with one attached hydrogen (secondary N) is 2. The molecule has 8 heteroatoms. The number of ether oxygens (including phenoxy) is 1. The number of esters is 1. The van der Waals surface area contributed by atoms with Crippen LogP contribution in [0.25, 0.3) is 0 Å². The SMILES string of the molecule is CCN(CC)CCNC(=O)c1ccc(NC(=O)CN2CC(=O)Oc3ccccc32)cc1. The van der Waals surface area contributed by atoms with Crippen LogP contribution in [0.3, 0.4) is 0 Å². The molecule has 0 fully saturated rings. The van der Waals surface area contributed by atoms with E-state index in [1.165, 1.54) is 0 Å². The van der Waals surface area contributed by atoms with Gasteiger partial charge in [0.15, 0.2) is 5.75 Å². The summed E-state index contributed by atoms with van der Waals surface area (Å²) in [7, 11) is 0. The van der Waals surface area contributed by atoms with Crippen molar-refractivity contribution in [2.45, 2.75) is 13.8 Å². The topological polar surface area (TPSA) is 91.0 Å². The van der Waals surface area contributed by atoms with Crippen molar-refractivity contribution in [3.05, 3.63) is 54.1 Å². The molecule has 2 amide bonds. The average Bonchev–Trinajstić information content (AvgIpc) is 2.77. The van der Waals surface area contributed by atoms with Crippen molar-refractivity contribution < 1.29 is 19.1 Å². The van der Waals surface area contributed by atoms with Crippen LogP contribution in [-0.4, -0.2) is 62.0 Å². The number of likely N-dealkylation sites (N-methyl/N-ethyl adjacent to an activating group) is 1. The van der Waals surface area contributed by atoms with Gasteiger partial charge in [0.25, 0.3) is 5.91 Å². The zero-order valence-electron chi connectivity index (χ0n) is 17.9. The van der Waals surface area contributed by atoms with E-state index in [0.717, 1.165) is 19.6 Å². The zero-order valence-corrected chi connectivity index (χ0v) is 17.9. The fourth-order valence-corrected chi connectivity index (χ4v) is 3.39. The number of carbonyl (C=O) groups excluding carboxylic acids is 3. The predicted octanol–water partition coefficient (Wildman–Crippen LogP) is 2.12. The van der Waals surface area contributed by atoms with E-state index >= 15 is 0 Å². The minimum Gasteiger partial charge on any atom is -0.423 e. The van der Waals surface area contributed by atoms with E-state index in [-0.39, 0.29) is 24.9 Å². The molecule has 0 aliphatic carbocycles. The highest BCUT2D eigenvalue weighted by molar-refractivity contribution is 5.98. The van der Waals surface area contributed by atoms with Crippen molar-refractivity contribution in [2.24, 2.45) is 0 Å². The van der Waals surface area contributed by atoms with Crippen LogP contribution in [0.4, 0.5) is 11.4 Å². The van der Waals surface area contributed by atoms with Gasteiger partial charge in [0, 0.05) is 24.3 Å². The van der Waals surface area contributed by atoms with Gasteiger partial charge in [0.05, 0.1) is 12.2 Å². The van der Waals surface area contributed by atoms with Gasteiger partial charge in [-0.2, -0.15) is 0 Å². The van der Waals surface area contributed by atoms with Crippen molar-refractivity contribution in [1.29, 1.82) is 0 Å². The maximum absolute atomic E-state index is 12.5. The second-order valence-electron chi connectivity index (χ2n) is 7.21. The molecule has 2 N–H and O–H groups in total. The minimum atomic E-state index is -0.400. The van der Waals surface area contributed by atoms with Crippen LogP contribution in [0.5, 0.6) is 5.75 Å². The number of para-hydroxylation sites is 2. The molecule has 31 heavy (non-hydrogen) atoms. The molecule has 2 aromatic carbocycles. The van der Waals surface area contributed by atoms with E-state index in [2.05, 4.69) is 29.4 Å². The Hall–Kier alpha value is -3.39. The van der Waals surface area contributed by atoms with E-state index < -0.39 is 5.97 Å². The third-order valence-corrected chi connectivity index (χ3v) is 5.12. The van der Waals surface area contributed by atoms with E-state index in [4.69, 9.17) is 4.74 Å². The summed E-state index contributed by atoms with van der Waals surface area (Å²) < 4.78 is 5.20. The van der Waals surface area contributed by atoms with Crippen LogP contribution in [-0.2, 0) is 9.59 Å². The highest BCUT2D eigenvalue weighted by atomic mass is 16.5. The monoisotopic (exact) mass is 424 g/mol. The largest absolute Gasteiger partial charge is 0.423 e. The van der Waals surface area contributed by atoms with Gasteiger partial charge in [0.2, 0.25) is 5.91 Å². The first-order valence-corrected chi connectivity index (χ1v) is 10.4. The Morgan fingerprint density at radius 3 is 2.48 bits per heavy atom. The predicted molar refractivity (Wildman–Crippen MR) is 119 cm³/mol. The zero-order chi connectivity index (χ0) is 22.2. The Bertz CT molecular complexity index is 925. The number of hydrogen-bond acceptors (Lipinski definition) is 6. The molecular formula is C23H28N4O4. The molecule has 0 radical (unpaired) electrons. The minimum absolute atomic E-state index is 0.0109. The first kappa shape index (κ1) is 22.3. The summed E-state index contributed by atoms with van der Waals surface area (Å²) in [4.78, 5) is 40.5. The smallest absolute Gasteiger partial charge is 0.331 e. The first-order chi connectivity index (χ1) is 15.0. The molecule has 0 aromatic heterocycles. The van der Waals surface area contributed by atoms with Crippen molar-refractivity contribution in [3.8, 4) is 5.75 Å². The average molecular weight is 425 g/mol. The molecule has 0 atom stereocenters.